The SMILES string of the molecule is CC1CC(C)C(C)N(C(=O)c2ccc(F)nc2)C1. The molecule has 98 valence electrons. The summed E-state index contributed by atoms with van der Waals surface area (Å²) in [6.45, 7) is 7.17. The Morgan fingerprint density at radius 1 is 1.39 bits per heavy atom. The summed E-state index contributed by atoms with van der Waals surface area (Å²) in [7, 11) is 0. The summed E-state index contributed by atoms with van der Waals surface area (Å²) in [4.78, 5) is 17.8. The molecule has 3 nitrogen and oxygen atoms in total. The van der Waals surface area contributed by atoms with Crippen molar-refractivity contribution >= 4 is 5.91 Å². The molecule has 1 fully saturated rings. The van der Waals surface area contributed by atoms with Crippen molar-refractivity contribution in [2.45, 2.75) is 33.2 Å². The van der Waals surface area contributed by atoms with E-state index in [2.05, 4.69) is 25.8 Å². The van der Waals surface area contributed by atoms with E-state index in [4.69, 9.17) is 0 Å². The van der Waals surface area contributed by atoms with E-state index in [1.807, 2.05) is 4.90 Å². The molecule has 1 aromatic rings. The van der Waals surface area contributed by atoms with Gasteiger partial charge in [0.05, 0.1) is 5.56 Å². The molecule has 1 aliphatic rings. The monoisotopic (exact) mass is 250 g/mol. The summed E-state index contributed by atoms with van der Waals surface area (Å²) in [5.41, 5.74) is 0.463. The van der Waals surface area contributed by atoms with Gasteiger partial charge in [0.25, 0.3) is 5.91 Å². The number of carbonyl (C=O) groups excluding carboxylic acids is 1. The average molecular weight is 250 g/mol. The molecular formula is C14H19FN2O. The van der Waals surface area contributed by atoms with Crippen molar-refractivity contribution in [2.24, 2.45) is 11.8 Å². The van der Waals surface area contributed by atoms with E-state index in [9.17, 15) is 9.18 Å². The first-order valence-electron chi connectivity index (χ1n) is 6.41. The van der Waals surface area contributed by atoms with Gasteiger partial charge in [-0.15, -0.1) is 0 Å². The third-order valence-corrected chi connectivity index (χ3v) is 3.83. The number of likely N-dealkylation sites (tertiary alicyclic amines) is 1. The highest BCUT2D eigenvalue weighted by Crippen LogP contribution is 2.28. The van der Waals surface area contributed by atoms with E-state index in [1.54, 1.807) is 0 Å². The van der Waals surface area contributed by atoms with Crippen LogP contribution in [0.4, 0.5) is 4.39 Å². The van der Waals surface area contributed by atoms with Crippen molar-refractivity contribution in [2.75, 3.05) is 6.54 Å². The zero-order valence-electron chi connectivity index (χ0n) is 11.1. The molecule has 3 unspecified atom stereocenters. The first-order chi connectivity index (χ1) is 8.49. The van der Waals surface area contributed by atoms with E-state index in [0.717, 1.165) is 13.0 Å². The highest BCUT2D eigenvalue weighted by Gasteiger charge is 2.32. The quantitative estimate of drug-likeness (QED) is 0.718. The molecule has 18 heavy (non-hydrogen) atoms. The molecule has 0 N–H and O–H groups in total. The molecule has 1 saturated heterocycles. The molecule has 2 heterocycles. The summed E-state index contributed by atoms with van der Waals surface area (Å²) >= 11 is 0. The van der Waals surface area contributed by atoms with Crippen LogP contribution in [0.25, 0.3) is 0 Å². The number of aromatic nitrogens is 1. The normalized spacial score (nSPS) is 28.2. The highest BCUT2D eigenvalue weighted by atomic mass is 19.1. The maximum absolute atomic E-state index is 12.8. The Labute approximate surface area is 107 Å². The van der Waals surface area contributed by atoms with Crippen LogP contribution >= 0.6 is 0 Å². The zero-order chi connectivity index (χ0) is 13.3. The van der Waals surface area contributed by atoms with E-state index in [1.165, 1.54) is 18.3 Å². The van der Waals surface area contributed by atoms with Crippen molar-refractivity contribution in [3.05, 3.63) is 29.8 Å². The lowest BCUT2D eigenvalue weighted by atomic mass is 9.85. The predicted molar refractivity (Wildman–Crippen MR) is 67.6 cm³/mol. The van der Waals surface area contributed by atoms with Crippen LogP contribution in [0.15, 0.2) is 18.3 Å². The first-order valence-corrected chi connectivity index (χ1v) is 6.41. The minimum Gasteiger partial charge on any atom is -0.335 e. The standard InChI is InChI=1S/C14H19FN2O/c1-9-6-10(2)11(3)17(8-9)14(18)12-4-5-13(15)16-7-12/h4-5,7,9-11H,6,8H2,1-3H3. The number of halogens is 1. The Morgan fingerprint density at radius 3 is 2.72 bits per heavy atom. The maximum Gasteiger partial charge on any atom is 0.255 e. The fourth-order valence-electron chi connectivity index (χ4n) is 2.65. The number of hydrogen-bond donors (Lipinski definition) is 0. The van der Waals surface area contributed by atoms with Crippen molar-refractivity contribution in [1.82, 2.24) is 9.88 Å². The van der Waals surface area contributed by atoms with Gasteiger partial charge < -0.3 is 4.90 Å². The number of nitrogens with zero attached hydrogens (tertiary/aromatic N) is 2. The van der Waals surface area contributed by atoms with Gasteiger partial charge in [0, 0.05) is 18.8 Å². The molecule has 0 aliphatic carbocycles. The highest BCUT2D eigenvalue weighted by molar-refractivity contribution is 5.94. The number of hydrogen-bond acceptors (Lipinski definition) is 2. The number of pyridine rings is 1. The van der Waals surface area contributed by atoms with Crippen LogP contribution < -0.4 is 0 Å². The van der Waals surface area contributed by atoms with Crippen LogP contribution in [0.2, 0.25) is 0 Å². The lowest BCUT2D eigenvalue weighted by Gasteiger charge is -2.41. The predicted octanol–water partition coefficient (Wildman–Crippen LogP) is 2.73. The van der Waals surface area contributed by atoms with Gasteiger partial charge in [-0.2, -0.15) is 4.39 Å². The summed E-state index contributed by atoms with van der Waals surface area (Å²) in [6.07, 6.45) is 2.46. The van der Waals surface area contributed by atoms with Crippen molar-refractivity contribution < 1.29 is 9.18 Å². The number of carbonyl (C=O) groups is 1. The topological polar surface area (TPSA) is 33.2 Å². The van der Waals surface area contributed by atoms with Gasteiger partial charge in [-0.05, 0) is 37.3 Å². The van der Waals surface area contributed by atoms with Crippen molar-refractivity contribution in [3.8, 4) is 0 Å². The minimum absolute atomic E-state index is 0.0478. The number of piperidine rings is 1. The van der Waals surface area contributed by atoms with E-state index < -0.39 is 5.95 Å². The molecule has 0 radical (unpaired) electrons. The van der Waals surface area contributed by atoms with E-state index in [-0.39, 0.29) is 11.9 Å². The second-order valence-corrected chi connectivity index (χ2v) is 5.39. The van der Waals surface area contributed by atoms with Gasteiger partial charge in [0.1, 0.15) is 0 Å². The van der Waals surface area contributed by atoms with Crippen LogP contribution in [0.1, 0.15) is 37.6 Å². The second kappa shape index (κ2) is 5.04. The molecule has 1 aromatic heterocycles. The van der Waals surface area contributed by atoms with Crippen LogP contribution in [0, 0.1) is 17.8 Å². The lowest BCUT2D eigenvalue weighted by molar-refractivity contribution is 0.0455. The molecule has 0 aromatic carbocycles. The van der Waals surface area contributed by atoms with Gasteiger partial charge >= 0.3 is 0 Å². The molecule has 0 spiro atoms. The summed E-state index contributed by atoms with van der Waals surface area (Å²) in [5.74, 6) is 0.396. The van der Waals surface area contributed by atoms with E-state index in [0.29, 0.717) is 17.4 Å². The Kier molecular flexibility index (Phi) is 3.64. The Balaban J connectivity index is 2.19. The lowest BCUT2D eigenvalue weighted by Crippen LogP contribution is -2.48. The van der Waals surface area contributed by atoms with Crippen LogP contribution in [-0.2, 0) is 0 Å². The van der Waals surface area contributed by atoms with Crippen LogP contribution in [0.5, 0.6) is 0 Å². The summed E-state index contributed by atoms with van der Waals surface area (Å²) in [5, 5.41) is 0. The third kappa shape index (κ3) is 2.52. The minimum atomic E-state index is -0.556. The fourth-order valence-corrected chi connectivity index (χ4v) is 2.65. The van der Waals surface area contributed by atoms with E-state index >= 15 is 0 Å². The molecule has 3 atom stereocenters. The average Bonchev–Trinajstić information content (AvgIpc) is 2.34. The van der Waals surface area contributed by atoms with Gasteiger partial charge in [-0.25, -0.2) is 4.98 Å². The van der Waals surface area contributed by atoms with Crippen molar-refractivity contribution in [1.29, 1.82) is 0 Å². The van der Waals surface area contributed by atoms with Gasteiger partial charge in [0.2, 0.25) is 5.95 Å². The fraction of sp³-hybridized carbons (Fsp3) is 0.571. The Morgan fingerprint density at radius 2 is 2.11 bits per heavy atom. The summed E-state index contributed by atoms with van der Waals surface area (Å²) < 4.78 is 12.8. The smallest absolute Gasteiger partial charge is 0.255 e. The Hall–Kier alpha value is -1.45. The van der Waals surface area contributed by atoms with Gasteiger partial charge in [-0.3, -0.25) is 4.79 Å². The molecule has 1 aliphatic heterocycles. The molecular weight excluding hydrogens is 231 g/mol. The van der Waals surface area contributed by atoms with Crippen LogP contribution in [-0.4, -0.2) is 28.4 Å². The van der Waals surface area contributed by atoms with Crippen LogP contribution in [0.3, 0.4) is 0 Å². The molecule has 0 saturated carbocycles. The molecule has 0 bridgehead atoms. The zero-order valence-corrected chi connectivity index (χ0v) is 11.1. The van der Waals surface area contributed by atoms with Crippen molar-refractivity contribution in [3.63, 3.8) is 0 Å². The third-order valence-electron chi connectivity index (χ3n) is 3.83. The maximum atomic E-state index is 12.8. The molecule has 2 rings (SSSR count). The summed E-state index contributed by atoms with van der Waals surface area (Å²) in [6, 6.07) is 2.95. The molecule has 1 amide bonds. The largest absolute Gasteiger partial charge is 0.335 e. The first kappa shape index (κ1) is 13.0. The Bertz CT molecular complexity index is 432. The van der Waals surface area contributed by atoms with Gasteiger partial charge in [-0.1, -0.05) is 13.8 Å². The second-order valence-electron chi connectivity index (χ2n) is 5.39. The van der Waals surface area contributed by atoms with Gasteiger partial charge in [0.15, 0.2) is 0 Å². The number of amides is 1. The molecule has 4 heteroatoms. The number of rotatable bonds is 1.